The number of halogens is 2. The van der Waals surface area contributed by atoms with Gasteiger partial charge in [-0.25, -0.2) is 9.18 Å². The van der Waals surface area contributed by atoms with E-state index in [-0.39, 0.29) is 23.9 Å². The lowest BCUT2D eigenvalue weighted by Crippen LogP contribution is -2.24. The number of aromatic nitrogens is 1. The lowest BCUT2D eigenvalue weighted by Gasteiger charge is -2.10. The molecule has 2 rings (SSSR count). The van der Waals surface area contributed by atoms with Crippen LogP contribution in [0.3, 0.4) is 0 Å². The van der Waals surface area contributed by atoms with Crippen LogP contribution >= 0.6 is 11.6 Å². The molecule has 0 fully saturated rings. The van der Waals surface area contributed by atoms with E-state index >= 15 is 0 Å². The predicted octanol–water partition coefficient (Wildman–Crippen LogP) is 3.26. The van der Waals surface area contributed by atoms with Crippen molar-refractivity contribution in [3.8, 4) is 0 Å². The van der Waals surface area contributed by atoms with Gasteiger partial charge in [-0.15, -0.1) is 0 Å². The van der Waals surface area contributed by atoms with Gasteiger partial charge in [-0.3, -0.25) is 9.59 Å². The molecule has 7 nitrogen and oxygen atoms in total. The highest BCUT2D eigenvalue weighted by atomic mass is 35.5. The van der Waals surface area contributed by atoms with Crippen LogP contribution in [-0.4, -0.2) is 35.6 Å². The first-order valence-corrected chi connectivity index (χ1v) is 8.85. The highest BCUT2D eigenvalue weighted by Gasteiger charge is 2.19. The average Bonchev–Trinajstić information content (AvgIpc) is 2.91. The minimum absolute atomic E-state index is 0.0679. The number of aryl methyl sites for hydroxylation is 1. The van der Waals surface area contributed by atoms with Gasteiger partial charge in [-0.05, 0) is 45.0 Å². The number of nitrogens with one attached hydrogen (secondary N) is 1. The summed E-state index contributed by atoms with van der Waals surface area (Å²) in [6.45, 7) is 4.61. The molecule has 150 valence electrons. The summed E-state index contributed by atoms with van der Waals surface area (Å²) in [7, 11) is 0. The highest BCUT2D eigenvalue weighted by Crippen LogP contribution is 2.19. The van der Waals surface area contributed by atoms with Crippen molar-refractivity contribution in [3.63, 3.8) is 0 Å². The quantitative estimate of drug-likeness (QED) is 0.708. The maximum absolute atomic E-state index is 13.7. The van der Waals surface area contributed by atoms with E-state index in [1.54, 1.807) is 31.4 Å². The Balaban J connectivity index is 1.93. The van der Waals surface area contributed by atoms with Gasteiger partial charge in [0.2, 0.25) is 0 Å². The molecule has 0 aliphatic carbocycles. The molecule has 0 unspecified atom stereocenters. The first-order valence-electron chi connectivity index (χ1n) is 8.47. The maximum atomic E-state index is 13.7. The summed E-state index contributed by atoms with van der Waals surface area (Å²) in [5.41, 5.74) is 1.52. The molecule has 1 aromatic heterocycles. The molecule has 9 heteroatoms. The van der Waals surface area contributed by atoms with E-state index in [2.05, 4.69) is 5.32 Å². The molecule has 0 saturated carbocycles. The molecular formula is C19H20ClFN2O5. The van der Waals surface area contributed by atoms with E-state index in [1.807, 2.05) is 0 Å². The van der Waals surface area contributed by atoms with Crippen molar-refractivity contribution in [3.05, 3.63) is 52.1 Å². The van der Waals surface area contributed by atoms with E-state index < -0.39 is 30.3 Å². The molecule has 0 atom stereocenters. The van der Waals surface area contributed by atoms with E-state index in [0.29, 0.717) is 17.0 Å². The Labute approximate surface area is 166 Å². The van der Waals surface area contributed by atoms with Crippen molar-refractivity contribution < 1.29 is 28.2 Å². The third kappa shape index (κ3) is 5.32. The van der Waals surface area contributed by atoms with Gasteiger partial charge in [-0.2, -0.15) is 0 Å². The van der Waals surface area contributed by atoms with Gasteiger partial charge in [0, 0.05) is 16.4 Å². The van der Waals surface area contributed by atoms with Crippen LogP contribution in [0.15, 0.2) is 24.3 Å². The van der Waals surface area contributed by atoms with Crippen molar-refractivity contribution in [1.82, 2.24) is 4.57 Å². The molecule has 0 radical (unpaired) electrons. The number of carbonyl (C=O) groups is 3. The second-order valence-electron chi connectivity index (χ2n) is 5.92. The van der Waals surface area contributed by atoms with Crippen LogP contribution in [-0.2, 0) is 25.6 Å². The van der Waals surface area contributed by atoms with Crippen molar-refractivity contribution in [2.75, 3.05) is 18.5 Å². The highest BCUT2D eigenvalue weighted by molar-refractivity contribution is 6.30. The normalized spacial score (nSPS) is 10.5. The molecular weight excluding hydrogens is 391 g/mol. The third-order valence-corrected chi connectivity index (χ3v) is 4.16. The fourth-order valence-corrected chi connectivity index (χ4v) is 2.72. The third-order valence-electron chi connectivity index (χ3n) is 3.93. The summed E-state index contributed by atoms with van der Waals surface area (Å²) in [6.07, 6.45) is 0. The topological polar surface area (TPSA) is 86.6 Å². The van der Waals surface area contributed by atoms with E-state index in [1.165, 1.54) is 12.1 Å². The number of ether oxygens (including phenoxy) is 2. The van der Waals surface area contributed by atoms with E-state index in [4.69, 9.17) is 21.1 Å². The lowest BCUT2D eigenvalue weighted by atomic mass is 10.2. The molecule has 1 heterocycles. The second kappa shape index (κ2) is 9.36. The largest absolute Gasteiger partial charge is 0.462 e. The standard InChI is InChI=1S/C19H20ClFN2O5/c1-4-27-19(26)14-7-11(2)23(12(14)3)9-18(25)28-10-17(24)22-16-6-5-13(20)8-15(16)21/h5-8H,4,9-10H2,1-3H3,(H,22,24). The fraction of sp³-hybridized carbons (Fsp3) is 0.316. The fourth-order valence-electron chi connectivity index (χ4n) is 2.56. The Kier molecular flexibility index (Phi) is 7.17. The predicted molar refractivity (Wildman–Crippen MR) is 101 cm³/mol. The van der Waals surface area contributed by atoms with Crippen LogP contribution in [0.5, 0.6) is 0 Å². The Hall–Kier alpha value is -2.87. The molecule has 2 aromatic rings. The summed E-state index contributed by atoms with van der Waals surface area (Å²) >= 11 is 5.64. The Morgan fingerprint density at radius 1 is 1.18 bits per heavy atom. The maximum Gasteiger partial charge on any atom is 0.339 e. The van der Waals surface area contributed by atoms with Gasteiger partial charge in [0.05, 0.1) is 17.9 Å². The molecule has 0 spiro atoms. The van der Waals surface area contributed by atoms with Gasteiger partial charge >= 0.3 is 11.9 Å². The molecule has 0 aliphatic rings. The number of nitrogens with zero attached hydrogens (tertiary/aromatic N) is 1. The number of amides is 1. The summed E-state index contributed by atoms with van der Waals surface area (Å²) in [6, 6.07) is 5.41. The molecule has 0 aliphatic heterocycles. The summed E-state index contributed by atoms with van der Waals surface area (Å²) < 4.78 is 25.2. The van der Waals surface area contributed by atoms with Gasteiger partial charge in [-0.1, -0.05) is 11.6 Å². The van der Waals surface area contributed by atoms with Crippen molar-refractivity contribution >= 4 is 35.1 Å². The number of hydrogen-bond acceptors (Lipinski definition) is 5. The molecule has 0 bridgehead atoms. The van der Waals surface area contributed by atoms with E-state index in [0.717, 1.165) is 6.07 Å². The zero-order valence-electron chi connectivity index (χ0n) is 15.7. The van der Waals surface area contributed by atoms with E-state index in [9.17, 15) is 18.8 Å². The Morgan fingerprint density at radius 2 is 1.89 bits per heavy atom. The average molecular weight is 411 g/mol. The van der Waals surface area contributed by atoms with Crippen molar-refractivity contribution in [2.24, 2.45) is 0 Å². The molecule has 1 aromatic carbocycles. The van der Waals surface area contributed by atoms with Gasteiger partial charge in [0.15, 0.2) is 6.61 Å². The van der Waals surface area contributed by atoms with Crippen LogP contribution in [0.1, 0.15) is 28.7 Å². The number of rotatable bonds is 7. The minimum atomic E-state index is -0.697. The van der Waals surface area contributed by atoms with Crippen molar-refractivity contribution in [1.29, 1.82) is 0 Å². The van der Waals surface area contributed by atoms with Gasteiger partial charge < -0.3 is 19.4 Å². The van der Waals surface area contributed by atoms with Crippen LogP contribution < -0.4 is 5.32 Å². The van der Waals surface area contributed by atoms with Crippen LogP contribution in [0.25, 0.3) is 0 Å². The monoisotopic (exact) mass is 410 g/mol. The Bertz CT molecular complexity index is 910. The second-order valence-corrected chi connectivity index (χ2v) is 6.36. The summed E-state index contributed by atoms with van der Waals surface area (Å²) in [5, 5.41) is 2.49. The molecule has 0 saturated heterocycles. The first-order chi connectivity index (χ1) is 13.2. The summed E-state index contributed by atoms with van der Waals surface area (Å²) in [5.74, 6) is -2.54. The molecule has 1 amide bonds. The first kappa shape index (κ1) is 21.4. The number of anilines is 1. The Morgan fingerprint density at radius 3 is 2.54 bits per heavy atom. The van der Waals surface area contributed by atoms with Gasteiger partial charge in [0.25, 0.3) is 5.91 Å². The molecule has 28 heavy (non-hydrogen) atoms. The van der Waals surface area contributed by atoms with Crippen LogP contribution in [0, 0.1) is 19.7 Å². The lowest BCUT2D eigenvalue weighted by molar-refractivity contribution is -0.147. The minimum Gasteiger partial charge on any atom is -0.462 e. The molecule has 1 N–H and O–H groups in total. The summed E-state index contributed by atoms with van der Waals surface area (Å²) in [4.78, 5) is 35.8. The number of esters is 2. The number of hydrogen-bond donors (Lipinski definition) is 1. The zero-order chi connectivity index (χ0) is 20.8. The zero-order valence-corrected chi connectivity index (χ0v) is 16.4. The number of carbonyl (C=O) groups excluding carboxylic acids is 3. The smallest absolute Gasteiger partial charge is 0.339 e. The SMILES string of the molecule is CCOC(=O)c1cc(C)n(CC(=O)OCC(=O)Nc2ccc(Cl)cc2F)c1C. The number of benzene rings is 1. The van der Waals surface area contributed by atoms with Crippen LogP contribution in [0.4, 0.5) is 10.1 Å². The van der Waals surface area contributed by atoms with Crippen LogP contribution in [0.2, 0.25) is 5.02 Å². The van der Waals surface area contributed by atoms with Gasteiger partial charge in [0.1, 0.15) is 12.4 Å². The van der Waals surface area contributed by atoms with Crippen molar-refractivity contribution in [2.45, 2.75) is 27.3 Å².